The lowest BCUT2D eigenvalue weighted by atomic mass is 10.1. The molecule has 0 fully saturated rings. The van der Waals surface area contributed by atoms with Crippen LogP contribution in [0.2, 0.25) is 0 Å². The van der Waals surface area contributed by atoms with Crippen molar-refractivity contribution in [1.82, 2.24) is 4.98 Å². The van der Waals surface area contributed by atoms with Crippen molar-refractivity contribution in [1.29, 1.82) is 0 Å². The van der Waals surface area contributed by atoms with Crippen molar-refractivity contribution in [3.8, 4) is 11.6 Å². The van der Waals surface area contributed by atoms with Crippen molar-refractivity contribution in [2.45, 2.75) is 18.1 Å². The van der Waals surface area contributed by atoms with Gasteiger partial charge in [-0.3, -0.25) is 4.79 Å². The van der Waals surface area contributed by atoms with Crippen LogP contribution >= 0.6 is 15.9 Å². The van der Waals surface area contributed by atoms with Gasteiger partial charge in [-0.05, 0) is 5.56 Å². The molecule has 0 saturated carbocycles. The van der Waals surface area contributed by atoms with E-state index >= 15 is 0 Å². The first kappa shape index (κ1) is 15.5. The third-order valence-corrected chi connectivity index (χ3v) is 2.72. The van der Waals surface area contributed by atoms with Crippen LogP contribution < -0.4 is 4.74 Å². The summed E-state index contributed by atoms with van der Waals surface area (Å²) in [5.74, 6) is -2.54. The fourth-order valence-corrected chi connectivity index (χ4v) is 1.75. The third kappa shape index (κ3) is 4.27. The Kier molecular flexibility index (Phi) is 4.98. The van der Waals surface area contributed by atoms with Crippen LogP contribution in [-0.2, 0) is 21.3 Å². The second-order valence-corrected chi connectivity index (χ2v) is 3.91. The Labute approximate surface area is 114 Å². The smallest absolute Gasteiger partial charge is 0.503 e. The Morgan fingerprint density at radius 2 is 2.16 bits per heavy atom. The van der Waals surface area contributed by atoms with Crippen LogP contribution in [0.3, 0.4) is 0 Å². The number of hydrogen-bond donors (Lipinski definition) is 1. The summed E-state index contributed by atoms with van der Waals surface area (Å²) in [6.07, 6.45) is -4.29. The van der Waals surface area contributed by atoms with Gasteiger partial charge in [-0.25, -0.2) is 4.98 Å². The van der Waals surface area contributed by atoms with Crippen molar-refractivity contribution in [3.63, 3.8) is 0 Å². The number of alkyl halides is 4. The third-order valence-electron chi connectivity index (χ3n) is 2.12. The molecule has 0 aliphatic heterocycles. The van der Waals surface area contributed by atoms with E-state index in [1.54, 1.807) is 0 Å². The van der Waals surface area contributed by atoms with Gasteiger partial charge in [0.1, 0.15) is 0 Å². The van der Waals surface area contributed by atoms with E-state index in [2.05, 4.69) is 30.4 Å². The van der Waals surface area contributed by atoms with Crippen LogP contribution in [-0.4, -0.2) is 29.5 Å². The van der Waals surface area contributed by atoms with Crippen molar-refractivity contribution < 1.29 is 32.5 Å². The molecule has 0 atom stereocenters. The zero-order valence-corrected chi connectivity index (χ0v) is 11.2. The van der Waals surface area contributed by atoms with Gasteiger partial charge in [0.2, 0.25) is 0 Å². The number of carbonyl (C=O) groups excluding carboxylic acids is 1. The number of ether oxygens (including phenoxy) is 2. The normalized spacial score (nSPS) is 11.2. The number of aromatic nitrogens is 1. The van der Waals surface area contributed by atoms with Crippen molar-refractivity contribution in [2.75, 3.05) is 7.11 Å². The molecule has 0 aliphatic rings. The summed E-state index contributed by atoms with van der Waals surface area (Å²) in [6.45, 7) is 0. The van der Waals surface area contributed by atoms with E-state index in [-0.39, 0.29) is 17.3 Å². The number of carbonyl (C=O) groups is 1. The minimum Gasteiger partial charge on any atom is -0.503 e. The van der Waals surface area contributed by atoms with Gasteiger partial charge in [-0.15, -0.1) is 13.2 Å². The summed E-state index contributed by atoms with van der Waals surface area (Å²) < 4.78 is 44.2. The molecular formula is C10H9BrF3NO4. The van der Waals surface area contributed by atoms with E-state index in [1.807, 2.05) is 0 Å². The molecule has 9 heteroatoms. The largest absolute Gasteiger partial charge is 0.574 e. The summed E-state index contributed by atoms with van der Waals surface area (Å²) in [7, 11) is 1.13. The predicted molar refractivity (Wildman–Crippen MR) is 60.9 cm³/mol. The molecular weight excluding hydrogens is 335 g/mol. The SMILES string of the molecule is COC(=O)Cc1c(CBr)cnc(OC(F)(F)F)c1O. The van der Waals surface area contributed by atoms with Gasteiger partial charge < -0.3 is 14.6 Å². The maximum absolute atomic E-state index is 12.1. The highest BCUT2D eigenvalue weighted by Gasteiger charge is 2.34. The Hall–Kier alpha value is -1.51. The molecule has 19 heavy (non-hydrogen) atoms. The number of rotatable bonds is 4. The zero-order chi connectivity index (χ0) is 14.6. The highest BCUT2D eigenvalue weighted by atomic mass is 79.9. The average molecular weight is 344 g/mol. The van der Waals surface area contributed by atoms with Crippen LogP contribution in [0.1, 0.15) is 11.1 Å². The molecule has 0 aromatic carbocycles. The molecule has 106 valence electrons. The number of halogens is 4. The molecule has 1 N–H and O–H groups in total. The molecule has 0 saturated heterocycles. The second-order valence-electron chi connectivity index (χ2n) is 3.35. The lowest BCUT2D eigenvalue weighted by molar-refractivity contribution is -0.276. The van der Waals surface area contributed by atoms with Crippen molar-refractivity contribution in [3.05, 3.63) is 17.3 Å². The molecule has 1 aromatic heterocycles. The first-order chi connectivity index (χ1) is 8.78. The molecule has 5 nitrogen and oxygen atoms in total. The monoisotopic (exact) mass is 343 g/mol. The molecule has 0 radical (unpaired) electrons. The topological polar surface area (TPSA) is 68.7 Å². The molecule has 0 bridgehead atoms. The summed E-state index contributed by atoms with van der Waals surface area (Å²) >= 11 is 3.07. The molecule has 1 aromatic rings. The van der Waals surface area contributed by atoms with Gasteiger partial charge in [0.15, 0.2) is 5.75 Å². The average Bonchev–Trinajstić information content (AvgIpc) is 2.32. The maximum Gasteiger partial charge on any atom is 0.574 e. The molecule has 0 aliphatic carbocycles. The lowest BCUT2D eigenvalue weighted by Crippen LogP contribution is -2.18. The Morgan fingerprint density at radius 1 is 1.53 bits per heavy atom. The molecule has 1 heterocycles. The number of hydrogen-bond acceptors (Lipinski definition) is 5. The number of methoxy groups -OCH3 is 1. The van der Waals surface area contributed by atoms with E-state index in [1.165, 1.54) is 0 Å². The Balaban J connectivity index is 3.18. The van der Waals surface area contributed by atoms with Crippen molar-refractivity contribution in [2.24, 2.45) is 0 Å². The zero-order valence-electron chi connectivity index (χ0n) is 9.62. The summed E-state index contributed by atoms with van der Waals surface area (Å²) in [4.78, 5) is 14.5. The maximum atomic E-state index is 12.1. The predicted octanol–water partition coefficient (Wildman–Crippen LogP) is 2.30. The molecule has 0 amide bonds. The van der Waals surface area contributed by atoms with E-state index in [9.17, 15) is 23.1 Å². The van der Waals surface area contributed by atoms with Crippen molar-refractivity contribution >= 4 is 21.9 Å². The van der Waals surface area contributed by atoms with Crippen LogP contribution in [0.15, 0.2) is 6.20 Å². The van der Waals surface area contributed by atoms with E-state index in [0.717, 1.165) is 13.3 Å². The lowest BCUT2D eigenvalue weighted by Gasteiger charge is -2.13. The van der Waals surface area contributed by atoms with E-state index in [4.69, 9.17) is 0 Å². The highest BCUT2D eigenvalue weighted by molar-refractivity contribution is 9.08. The van der Waals surface area contributed by atoms with Gasteiger partial charge in [-0.1, -0.05) is 15.9 Å². The summed E-state index contributed by atoms with van der Waals surface area (Å²) in [5, 5.41) is 9.89. The number of pyridine rings is 1. The first-order valence-electron chi connectivity index (χ1n) is 4.86. The fraction of sp³-hybridized carbons (Fsp3) is 0.400. The van der Waals surface area contributed by atoms with Gasteiger partial charge >= 0.3 is 12.3 Å². The van der Waals surface area contributed by atoms with Crippen LogP contribution in [0.5, 0.6) is 11.6 Å². The van der Waals surface area contributed by atoms with Crippen LogP contribution in [0.25, 0.3) is 0 Å². The van der Waals surface area contributed by atoms with Crippen LogP contribution in [0, 0.1) is 0 Å². The molecule has 0 spiro atoms. The number of aromatic hydroxyl groups is 1. The number of esters is 1. The highest BCUT2D eigenvalue weighted by Crippen LogP contribution is 2.34. The van der Waals surface area contributed by atoms with Gasteiger partial charge in [0.05, 0.1) is 13.5 Å². The first-order valence-corrected chi connectivity index (χ1v) is 5.99. The fourth-order valence-electron chi connectivity index (χ4n) is 1.27. The second kappa shape index (κ2) is 6.09. The van der Waals surface area contributed by atoms with E-state index in [0.29, 0.717) is 5.56 Å². The Morgan fingerprint density at radius 3 is 2.63 bits per heavy atom. The summed E-state index contributed by atoms with van der Waals surface area (Å²) in [6, 6.07) is 0. The Bertz CT molecular complexity index is 479. The van der Waals surface area contributed by atoms with Gasteiger partial charge in [-0.2, -0.15) is 0 Å². The van der Waals surface area contributed by atoms with E-state index < -0.39 is 24.0 Å². The van der Waals surface area contributed by atoms with Crippen LogP contribution in [0.4, 0.5) is 13.2 Å². The molecule has 1 rings (SSSR count). The quantitative estimate of drug-likeness (QED) is 0.671. The van der Waals surface area contributed by atoms with Gasteiger partial charge in [0, 0.05) is 17.1 Å². The minimum absolute atomic E-state index is 0.0297. The number of nitrogens with zero attached hydrogens (tertiary/aromatic N) is 1. The van der Waals surface area contributed by atoms with Gasteiger partial charge in [0.25, 0.3) is 5.88 Å². The minimum atomic E-state index is -4.98. The summed E-state index contributed by atoms with van der Waals surface area (Å²) in [5.41, 5.74) is 0.329. The standard InChI is InChI=1S/C10H9BrF3NO4/c1-18-7(16)2-6-5(3-11)4-15-9(8(6)17)19-10(12,13)14/h4,17H,2-3H2,1H3. The molecule has 0 unspecified atom stereocenters.